The maximum atomic E-state index is 12.7. The number of aromatic nitrogens is 2. The SMILES string of the molecule is CCN(Cc1ccccc1)C(=O)Cc1n[nH]c(=O)c2c1NCCC2. The van der Waals surface area contributed by atoms with Crippen molar-refractivity contribution in [2.45, 2.75) is 32.7 Å². The summed E-state index contributed by atoms with van der Waals surface area (Å²) < 4.78 is 0. The highest BCUT2D eigenvalue weighted by molar-refractivity contribution is 5.80. The van der Waals surface area contributed by atoms with Crippen LogP contribution in [0, 0.1) is 0 Å². The average molecular weight is 326 g/mol. The second-order valence-electron chi connectivity index (χ2n) is 5.95. The van der Waals surface area contributed by atoms with Crippen LogP contribution >= 0.6 is 0 Å². The summed E-state index contributed by atoms with van der Waals surface area (Å²) in [5.41, 5.74) is 3.02. The van der Waals surface area contributed by atoms with Crippen LogP contribution in [-0.2, 0) is 24.2 Å². The first kappa shape index (κ1) is 16.2. The van der Waals surface area contributed by atoms with Crippen molar-refractivity contribution in [3.8, 4) is 0 Å². The zero-order valence-electron chi connectivity index (χ0n) is 13.8. The van der Waals surface area contributed by atoms with Gasteiger partial charge in [0.2, 0.25) is 5.91 Å². The molecule has 0 atom stereocenters. The van der Waals surface area contributed by atoms with Crippen molar-refractivity contribution in [1.82, 2.24) is 15.1 Å². The van der Waals surface area contributed by atoms with Gasteiger partial charge in [-0.05, 0) is 25.3 Å². The van der Waals surface area contributed by atoms with Crippen molar-refractivity contribution < 1.29 is 4.79 Å². The third kappa shape index (κ3) is 3.48. The van der Waals surface area contributed by atoms with E-state index in [4.69, 9.17) is 0 Å². The van der Waals surface area contributed by atoms with Crippen molar-refractivity contribution in [1.29, 1.82) is 0 Å². The number of benzene rings is 1. The molecule has 1 aromatic carbocycles. The zero-order valence-corrected chi connectivity index (χ0v) is 13.8. The molecule has 6 nitrogen and oxygen atoms in total. The molecule has 0 radical (unpaired) electrons. The fourth-order valence-corrected chi connectivity index (χ4v) is 3.02. The van der Waals surface area contributed by atoms with Gasteiger partial charge in [-0.25, -0.2) is 5.10 Å². The van der Waals surface area contributed by atoms with Gasteiger partial charge in [0.15, 0.2) is 0 Å². The normalized spacial score (nSPS) is 13.0. The molecule has 1 aromatic heterocycles. The van der Waals surface area contributed by atoms with Crippen LogP contribution in [0.1, 0.15) is 30.2 Å². The van der Waals surface area contributed by atoms with Gasteiger partial charge in [-0.1, -0.05) is 30.3 Å². The molecular weight excluding hydrogens is 304 g/mol. The van der Waals surface area contributed by atoms with Crippen LogP contribution in [0.2, 0.25) is 0 Å². The molecule has 0 saturated heterocycles. The fraction of sp³-hybridized carbons (Fsp3) is 0.389. The number of aromatic amines is 1. The van der Waals surface area contributed by atoms with Crippen molar-refractivity contribution in [2.24, 2.45) is 0 Å². The molecule has 2 aromatic rings. The minimum absolute atomic E-state index is 0.00970. The Morgan fingerprint density at radius 1 is 1.29 bits per heavy atom. The van der Waals surface area contributed by atoms with Crippen LogP contribution in [0.15, 0.2) is 35.1 Å². The summed E-state index contributed by atoms with van der Waals surface area (Å²) in [6.45, 7) is 3.98. The van der Waals surface area contributed by atoms with Gasteiger partial charge in [0.25, 0.3) is 5.56 Å². The summed E-state index contributed by atoms with van der Waals surface area (Å²) in [6, 6.07) is 9.92. The van der Waals surface area contributed by atoms with E-state index in [-0.39, 0.29) is 17.9 Å². The lowest BCUT2D eigenvalue weighted by Gasteiger charge is -2.23. The van der Waals surface area contributed by atoms with Crippen LogP contribution in [-0.4, -0.2) is 34.1 Å². The minimum Gasteiger partial charge on any atom is -0.383 e. The highest BCUT2D eigenvalue weighted by Gasteiger charge is 2.21. The highest BCUT2D eigenvalue weighted by Crippen LogP contribution is 2.22. The summed E-state index contributed by atoms with van der Waals surface area (Å²) in [5, 5.41) is 9.86. The Hall–Kier alpha value is -2.63. The molecule has 1 amide bonds. The maximum absolute atomic E-state index is 12.7. The summed E-state index contributed by atoms with van der Waals surface area (Å²) in [6.07, 6.45) is 1.83. The number of hydrogen-bond acceptors (Lipinski definition) is 4. The molecule has 1 aliphatic heterocycles. The van der Waals surface area contributed by atoms with E-state index in [9.17, 15) is 9.59 Å². The van der Waals surface area contributed by atoms with Crippen LogP contribution in [0.25, 0.3) is 0 Å². The highest BCUT2D eigenvalue weighted by atomic mass is 16.2. The van der Waals surface area contributed by atoms with Gasteiger partial charge in [0, 0.05) is 25.2 Å². The number of carbonyl (C=O) groups is 1. The first-order chi connectivity index (χ1) is 11.7. The van der Waals surface area contributed by atoms with Crippen LogP contribution < -0.4 is 10.9 Å². The lowest BCUT2D eigenvalue weighted by Crippen LogP contribution is -2.33. The molecule has 3 rings (SSSR count). The maximum Gasteiger partial charge on any atom is 0.269 e. The lowest BCUT2D eigenvalue weighted by molar-refractivity contribution is -0.130. The molecule has 2 heterocycles. The Morgan fingerprint density at radius 2 is 2.08 bits per heavy atom. The van der Waals surface area contributed by atoms with E-state index in [0.29, 0.717) is 24.3 Å². The van der Waals surface area contributed by atoms with E-state index in [2.05, 4.69) is 15.5 Å². The molecule has 0 fully saturated rings. The minimum atomic E-state index is -0.162. The Bertz CT molecular complexity index is 770. The number of H-pyrrole nitrogens is 1. The number of rotatable bonds is 5. The molecule has 0 aliphatic carbocycles. The molecule has 24 heavy (non-hydrogen) atoms. The first-order valence-electron chi connectivity index (χ1n) is 8.35. The van der Waals surface area contributed by atoms with Crippen molar-refractivity contribution in [3.05, 3.63) is 57.5 Å². The van der Waals surface area contributed by atoms with Gasteiger partial charge in [-0.15, -0.1) is 0 Å². The van der Waals surface area contributed by atoms with Crippen LogP contribution in [0.3, 0.4) is 0 Å². The zero-order chi connectivity index (χ0) is 16.9. The van der Waals surface area contributed by atoms with Gasteiger partial charge in [0.1, 0.15) is 0 Å². The number of fused-ring (bicyclic) bond motifs is 1. The van der Waals surface area contributed by atoms with E-state index in [1.165, 1.54) is 0 Å². The van der Waals surface area contributed by atoms with E-state index >= 15 is 0 Å². The molecule has 0 spiro atoms. The van der Waals surface area contributed by atoms with E-state index in [1.54, 1.807) is 4.90 Å². The molecule has 0 saturated carbocycles. The molecular formula is C18H22N4O2. The number of carbonyl (C=O) groups excluding carboxylic acids is 1. The molecule has 0 unspecified atom stereocenters. The number of nitrogens with zero attached hydrogens (tertiary/aromatic N) is 2. The fourth-order valence-electron chi connectivity index (χ4n) is 3.02. The molecule has 2 N–H and O–H groups in total. The van der Waals surface area contributed by atoms with Crippen molar-refractivity contribution in [2.75, 3.05) is 18.4 Å². The number of anilines is 1. The van der Waals surface area contributed by atoms with Gasteiger partial charge in [-0.3, -0.25) is 9.59 Å². The average Bonchev–Trinajstić information content (AvgIpc) is 2.63. The standard InChI is InChI=1S/C18H22N4O2/c1-2-22(12-13-7-4-3-5-8-13)16(23)11-15-17-14(9-6-10-19-17)18(24)21-20-15/h3-5,7-8,19H,2,6,9-12H2,1H3,(H,21,24). The predicted molar refractivity (Wildman–Crippen MR) is 92.9 cm³/mol. The molecule has 1 aliphatic rings. The summed E-state index contributed by atoms with van der Waals surface area (Å²) >= 11 is 0. The van der Waals surface area contributed by atoms with Gasteiger partial charge in [0.05, 0.1) is 17.8 Å². The van der Waals surface area contributed by atoms with E-state index in [0.717, 1.165) is 30.6 Å². The Labute approximate surface area is 140 Å². The van der Waals surface area contributed by atoms with Crippen LogP contribution in [0.4, 0.5) is 5.69 Å². The second kappa shape index (κ2) is 7.29. The van der Waals surface area contributed by atoms with Crippen molar-refractivity contribution >= 4 is 11.6 Å². The molecule has 0 bridgehead atoms. The quantitative estimate of drug-likeness (QED) is 0.877. The number of amides is 1. The molecule has 6 heteroatoms. The Balaban J connectivity index is 1.77. The number of nitrogens with one attached hydrogen (secondary N) is 2. The summed E-state index contributed by atoms with van der Waals surface area (Å²) in [5.74, 6) is 0.00970. The van der Waals surface area contributed by atoms with Gasteiger partial charge in [-0.2, -0.15) is 5.10 Å². The Kier molecular flexibility index (Phi) is 4.93. The van der Waals surface area contributed by atoms with Crippen LogP contribution in [0.5, 0.6) is 0 Å². The number of likely N-dealkylation sites (N-methyl/N-ethyl adjacent to an activating group) is 1. The Morgan fingerprint density at radius 3 is 2.83 bits per heavy atom. The second-order valence-corrected chi connectivity index (χ2v) is 5.95. The largest absolute Gasteiger partial charge is 0.383 e. The smallest absolute Gasteiger partial charge is 0.269 e. The third-order valence-electron chi connectivity index (χ3n) is 4.33. The first-order valence-corrected chi connectivity index (χ1v) is 8.35. The van der Waals surface area contributed by atoms with Gasteiger partial charge >= 0.3 is 0 Å². The van der Waals surface area contributed by atoms with Gasteiger partial charge < -0.3 is 10.2 Å². The number of hydrogen-bond donors (Lipinski definition) is 2. The summed E-state index contributed by atoms with van der Waals surface area (Å²) in [4.78, 5) is 26.4. The predicted octanol–water partition coefficient (Wildman–Crippen LogP) is 1.72. The van der Waals surface area contributed by atoms with E-state index < -0.39 is 0 Å². The van der Waals surface area contributed by atoms with E-state index in [1.807, 2.05) is 37.3 Å². The topological polar surface area (TPSA) is 78.1 Å². The monoisotopic (exact) mass is 326 g/mol. The lowest BCUT2D eigenvalue weighted by atomic mass is 10.0. The third-order valence-corrected chi connectivity index (χ3v) is 4.33. The molecule has 126 valence electrons. The summed E-state index contributed by atoms with van der Waals surface area (Å²) in [7, 11) is 0. The van der Waals surface area contributed by atoms with Crippen molar-refractivity contribution in [3.63, 3.8) is 0 Å².